The summed E-state index contributed by atoms with van der Waals surface area (Å²) in [4.78, 5) is 0.336. The van der Waals surface area contributed by atoms with E-state index >= 15 is 0 Å². The molecule has 1 unspecified atom stereocenters. The highest BCUT2D eigenvalue weighted by Crippen LogP contribution is 2.32. The van der Waals surface area contributed by atoms with Crippen molar-refractivity contribution in [2.75, 3.05) is 0 Å². The number of rotatable bonds is 3. The van der Waals surface area contributed by atoms with Crippen molar-refractivity contribution in [1.29, 1.82) is 0 Å². The van der Waals surface area contributed by atoms with E-state index in [4.69, 9.17) is 0 Å². The van der Waals surface area contributed by atoms with E-state index in [2.05, 4.69) is 113 Å². The Morgan fingerprint density at radius 2 is 1.56 bits per heavy atom. The van der Waals surface area contributed by atoms with Gasteiger partial charge in [0.05, 0.1) is 0 Å². The molecular weight excluding hydrogens is 535 g/mol. The zero-order valence-corrected chi connectivity index (χ0v) is 16.3. The number of benzene rings is 2. The van der Waals surface area contributed by atoms with Crippen molar-refractivity contribution in [3.05, 3.63) is 66.1 Å². The topological polar surface area (TPSA) is 0 Å². The van der Waals surface area contributed by atoms with Gasteiger partial charge in [0.1, 0.15) is 0 Å². The fourth-order valence-electron chi connectivity index (χ4n) is 1.69. The lowest BCUT2D eigenvalue weighted by atomic mass is 10.0. The lowest BCUT2D eigenvalue weighted by Crippen LogP contribution is -1.98. The van der Waals surface area contributed by atoms with E-state index in [0.29, 0.717) is 4.83 Å². The third-order valence-corrected chi connectivity index (χ3v) is 5.44. The second-order valence-electron chi connectivity index (χ2n) is 3.96. The molecule has 0 N–H and O–H groups in total. The molecule has 0 aliphatic carbocycles. The number of alkyl halides is 1. The first-order chi connectivity index (χ1) is 8.56. The van der Waals surface area contributed by atoms with Gasteiger partial charge in [-0.25, -0.2) is 0 Å². The van der Waals surface area contributed by atoms with Crippen LogP contribution in [0.2, 0.25) is 0 Å². The van der Waals surface area contributed by atoms with Crippen LogP contribution in [0.3, 0.4) is 0 Å². The van der Waals surface area contributed by atoms with Crippen LogP contribution in [-0.2, 0) is 6.42 Å². The van der Waals surface area contributed by atoms with Crippen molar-refractivity contribution in [2.45, 2.75) is 11.2 Å². The zero-order chi connectivity index (χ0) is 13.1. The summed E-state index contributed by atoms with van der Waals surface area (Å²) in [5.41, 5.74) is 2.66. The molecule has 2 aromatic rings. The maximum Gasteiger partial charge on any atom is 0.0446 e. The minimum Gasteiger partial charge on any atom is -0.0835 e. The summed E-state index contributed by atoms with van der Waals surface area (Å²) >= 11 is 13.2. The van der Waals surface area contributed by atoms with Crippen molar-refractivity contribution in [1.82, 2.24) is 0 Å². The first-order valence-electron chi connectivity index (χ1n) is 5.40. The Balaban J connectivity index is 2.18. The van der Waals surface area contributed by atoms with E-state index < -0.39 is 0 Å². The summed E-state index contributed by atoms with van der Waals surface area (Å²) in [6, 6.07) is 14.9. The Labute approximate surface area is 146 Å². The molecule has 0 bridgehead atoms. The molecule has 0 fully saturated rings. The highest BCUT2D eigenvalue weighted by Gasteiger charge is 2.12. The van der Waals surface area contributed by atoms with Gasteiger partial charge in [0.15, 0.2) is 0 Å². The van der Waals surface area contributed by atoms with Gasteiger partial charge in [0.25, 0.3) is 0 Å². The predicted molar refractivity (Wildman–Crippen MR) is 96.4 cm³/mol. The van der Waals surface area contributed by atoms with Crippen LogP contribution in [0.4, 0.5) is 0 Å². The Morgan fingerprint density at radius 3 is 2.22 bits per heavy atom. The third kappa shape index (κ3) is 4.05. The van der Waals surface area contributed by atoms with Gasteiger partial charge in [0, 0.05) is 17.3 Å². The fourth-order valence-corrected chi connectivity index (χ4v) is 4.23. The number of hydrogen-bond acceptors (Lipinski definition) is 0. The van der Waals surface area contributed by atoms with Gasteiger partial charge < -0.3 is 0 Å². The van der Waals surface area contributed by atoms with Crippen LogP contribution in [0.5, 0.6) is 0 Å². The van der Waals surface area contributed by atoms with E-state index in [1.54, 1.807) is 0 Å². The number of hydrogen-bond donors (Lipinski definition) is 0. The molecule has 0 nitrogen and oxygen atoms in total. The van der Waals surface area contributed by atoms with Crippen molar-refractivity contribution in [2.24, 2.45) is 0 Å². The first-order valence-corrected chi connectivity index (χ1v) is 8.98. The van der Waals surface area contributed by atoms with Crippen molar-refractivity contribution >= 4 is 70.4 Å². The van der Waals surface area contributed by atoms with Crippen molar-refractivity contribution < 1.29 is 0 Å². The summed E-state index contributed by atoms with van der Waals surface area (Å²) in [5.74, 6) is 0. The number of halogens is 4. The van der Waals surface area contributed by atoms with Gasteiger partial charge >= 0.3 is 0 Å². The summed E-state index contributed by atoms with van der Waals surface area (Å²) in [6.45, 7) is 0. The second-order valence-corrected chi connectivity index (χ2v) is 8.06. The second kappa shape index (κ2) is 6.86. The Hall–Kier alpha value is 0.610. The Kier molecular flexibility index (Phi) is 5.72. The summed E-state index contributed by atoms with van der Waals surface area (Å²) in [6.07, 6.45) is 0.986. The van der Waals surface area contributed by atoms with Gasteiger partial charge in [0.2, 0.25) is 0 Å². The van der Waals surface area contributed by atoms with E-state index in [1.165, 1.54) is 14.7 Å². The van der Waals surface area contributed by atoms with Gasteiger partial charge in [-0.15, -0.1) is 0 Å². The van der Waals surface area contributed by atoms with Crippen LogP contribution in [-0.4, -0.2) is 0 Å². The monoisotopic (exact) mass is 542 g/mol. The molecule has 0 spiro atoms. The fraction of sp³-hybridized carbons (Fsp3) is 0.143. The summed E-state index contributed by atoms with van der Waals surface area (Å²) < 4.78 is 3.53. The van der Waals surface area contributed by atoms with Gasteiger partial charge in [-0.2, -0.15) is 0 Å². The van der Waals surface area contributed by atoms with Crippen LogP contribution >= 0.6 is 70.4 Å². The molecule has 0 amide bonds. The molecule has 0 radical (unpaired) electrons. The molecule has 0 aromatic heterocycles. The van der Waals surface area contributed by atoms with E-state index in [0.717, 1.165) is 15.4 Å². The Bertz CT molecular complexity index is 537. The smallest absolute Gasteiger partial charge is 0.0446 e. The third-order valence-electron chi connectivity index (χ3n) is 2.62. The summed E-state index contributed by atoms with van der Waals surface area (Å²) in [7, 11) is 0. The predicted octanol–water partition coefficient (Wildman–Crippen LogP) is 6.49. The van der Waals surface area contributed by atoms with Crippen LogP contribution in [0, 0.1) is 3.57 Å². The minimum atomic E-state index is 0.336. The Morgan fingerprint density at radius 1 is 0.944 bits per heavy atom. The maximum atomic E-state index is 3.79. The van der Waals surface area contributed by atoms with Crippen molar-refractivity contribution in [3.8, 4) is 0 Å². The molecular formula is C14H10Br3I. The molecule has 0 saturated heterocycles. The van der Waals surface area contributed by atoms with Gasteiger partial charge in [-0.3, -0.25) is 0 Å². The van der Waals surface area contributed by atoms with Gasteiger partial charge in [-0.05, 0) is 70.5 Å². The molecule has 1 atom stereocenters. The highest BCUT2D eigenvalue weighted by atomic mass is 127. The average molecular weight is 545 g/mol. The van der Waals surface area contributed by atoms with E-state index in [-0.39, 0.29) is 0 Å². The largest absolute Gasteiger partial charge is 0.0835 e. The quantitative estimate of drug-likeness (QED) is 0.306. The molecule has 0 saturated carbocycles. The van der Waals surface area contributed by atoms with E-state index in [1.807, 2.05) is 0 Å². The molecule has 0 aliphatic rings. The SMILES string of the molecule is Brc1ccc(CC(Br)c2cc(Br)ccc2I)cc1. The van der Waals surface area contributed by atoms with Crippen LogP contribution in [0.25, 0.3) is 0 Å². The van der Waals surface area contributed by atoms with Crippen LogP contribution < -0.4 is 0 Å². The van der Waals surface area contributed by atoms with Gasteiger partial charge in [-0.1, -0.05) is 59.9 Å². The zero-order valence-electron chi connectivity index (χ0n) is 9.34. The van der Waals surface area contributed by atoms with Crippen LogP contribution in [0.15, 0.2) is 51.4 Å². The molecule has 0 heterocycles. The highest BCUT2D eigenvalue weighted by molar-refractivity contribution is 14.1. The molecule has 4 heteroatoms. The lowest BCUT2D eigenvalue weighted by Gasteiger charge is -2.13. The molecule has 94 valence electrons. The normalized spacial score (nSPS) is 12.4. The molecule has 0 aliphatic heterocycles. The minimum absolute atomic E-state index is 0.336. The average Bonchev–Trinajstić information content (AvgIpc) is 2.35. The van der Waals surface area contributed by atoms with Crippen LogP contribution in [0.1, 0.15) is 16.0 Å². The molecule has 2 rings (SSSR count). The standard InChI is InChI=1S/C14H10Br3I/c15-10-3-1-9(2-4-10)7-13(17)12-8-11(16)5-6-14(12)18/h1-6,8,13H,7H2. The lowest BCUT2D eigenvalue weighted by molar-refractivity contribution is 0.941. The molecule has 18 heavy (non-hydrogen) atoms. The van der Waals surface area contributed by atoms with E-state index in [9.17, 15) is 0 Å². The summed E-state index contributed by atoms with van der Waals surface area (Å²) in [5, 5.41) is 0. The first kappa shape index (κ1) is 15.0. The van der Waals surface area contributed by atoms with Crippen molar-refractivity contribution in [3.63, 3.8) is 0 Å². The maximum absolute atomic E-state index is 3.79. The molecule has 2 aromatic carbocycles.